The SMILES string of the molecule is CCCCCCC(OC)C(C)OCC(C)OCC(C)O. The van der Waals surface area contributed by atoms with Crippen LogP contribution in [0.4, 0.5) is 0 Å². The molecular formula is C16H34O4. The zero-order valence-corrected chi connectivity index (χ0v) is 13.9. The molecular weight excluding hydrogens is 256 g/mol. The molecule has 0 aliphatic heterocycles. The summed E-state index contributed by atoms with van der Waals surface area (Å²) in [6.45, 7) is 8.82. The van der Waals surface area contributed by atoms with Gasteiger partial charge in [-0.1, -0.05) is 32.6 Å². The van der Waals surface area contributed by atoms with Crippen molar-refractivity contribution in [3.05, 3.63) is 0 Å². The average Bonchev–Trinajstić information content (AvgIpc) is 2.42. The Morgan fingerprint density at radius 2 is 1.65 bits per heavy atom. The van der Waals surface area contributed by atoms with Gasteiger partial charge in [-0.05, 0) is 27.2 Å². The molecule has 0 radical (unpaired) electrons. The molecule has 0 rings (SSSR count). The number of methoxy groups -OCH3 is 1. The number of unbranched alkanes of at least 4 members (excludes halogenated alkanes) is 3. The average molecular weight is 290 g/mol. The molecule has 0 aliphatic carbocycles. The summed E-state index contributed by atoms with van der Waals surface area (Å²) in [5.74, 6) is 0. The lowest BCUT2D eigenvalue weighted by Crippen LogP contribution is -2.31. The van der Waals surface area contributed by atoms with Crippen molar-refractivity contribution < 1.29 is 19.3 Å². The minimum absolute atomic E-state index is 0.00959. The van der Waals surface area contributed by atoms with Crippen LogP contribution in [0.15, 0.2) is 0 Å². The van der Waals surface area contributed by atoms with E-state index in [1.165, 1.54) is 25.7 Å². The van der Waals surface area contributed by atoms with Crippen LogP contribution in [0.2, 0.25) is 0 Å². The fourth-order valence-corrected chi connectivity index (χ4v) is 2.06. The molecule has 0 aromatic carbocycles. The third-order valence-corrected chi connectivity index (χ3v) is 3.38. The Morgan fingerprint density at radius 3 is 2.20 bits per heavy atom. The van der Waals surface area contributed by atoms with Gasteiger partial charge in [0.25, 0.3) is 0 Å². The highest BCUT2D eigenvalue weighted by atomic mass is 16.6. The molecule has 0 saturated heterocycles. The zero-order valence-electron chi connectivity index (χ0n) is 13.9. The fourth-order valence-electron chi connectivity index (χ4n) is 2.06. The maximum absolute atomic E-state index is 9.16. The first-order valence-electron chi connectivity index (χ1n) is 7.95. The summed E-state index contributed by atoms with van der Waals surface area (Å²) in [6, 6.07) is 0. The van der Waals surface area contributed by atoms with Crippen molar-refractivity contribution in [3.8, 4) is 0 Å². The Balaban J connectivity index is 3.81. The molecule has 0 bridgehead atoms. The highest BCUT2D eigenvalue weighted by Gasteiger charge is 2.18. The fraction of sp³-hybridized carbons (Fsp3) is 1.00. The number of hydrogen-bond acceptors (Lipinski definition) is 4. The molecule has 4 heteroatoms. The van der Waals surface area contributed by atoms with E-state index in [2.05, 4.69) is 13.8 Å². The molecule has 0 saturated carbocycles. The smallest absolute Gasteiger partial charge is 0.0830 e. The molecule has 4 nitrogen and oxygen atoms in total. The Morgan fingerprint density at radius 1 is 0.950 bits per heavy atom. The van der Waals surface area contributed by atoms with Gasteiger partial charge < -0.3 is 19.3 Å². The van der Waals surface area contributed by atoms with Crippen LogP contribution in [-0.4, -0.2) is 49.8 Å². The van der Waals surface area contributed by atoms with Crippen LogP contribution in [0, 0.1) is 0 Å². The van der Waals surface area contributed by atoms with E-state index in [1.54, 1.807) is 14.0 Å². The highest BCUT2D eigenvalue weighted by Crippen LogP contribution is 2.13. The molecule has 0 spiro atoms. The van der Waals surface area contributed by atoms with E-state index < -0.39 is 6.10 Å². The van der Waals surface area contributed by atoms with E-state index in [1.807, 2.05) is 6.92 Å². The number of ether oxygens (including phenoxy) is 3. The van der Waals surface area contributed by atoms with Gasteiger partial charge in [0.15, 0.2) is 0 Å². The van der Waals surface area contributed by atoms with E-state index in [4.69, 9.17) is 19.3 Å². The molecule has 4 atom stereocenters. The summed E-state index contributed by atoms with van der Waals surface area (Å²) in [6.07, 6.45) is 5.81. The molecule has 0 aliphatic rings. The van der Waals surface area contributed by atoms with Gasteiger partial charge in [0.05, 0.1) is 37.6 Å². The molecule has 20 heavy (non-hydrogen) atoms. The molecule has 0 aromatic heterocycles. The van der Waals surface area contributed by atoms with Crippen molar-refractivity contribution in [2.45, 2.75) is 84.2 Å². The first kappa shape index (κ1) is 19.8. The van der Waals surface area contributed by atoms with E-state index in [9.17, 15) is 0 Å². The highest BCUT2D eigenvalue weighted by molar-refractivity contribution is 4.67. The van der Waals surface area contributed by atoms with E-state index in [0.29, 0.717) is 13.2 Å². The lowest BCUT2D eigenvalue weighted by Gasteiger charge is -2.25. The van der Waals surface area contributed by atoms with Gasteiger partial charge in [-0.2, -0.15) is 0 Å². The van der Waals surface area contributed by atoms with Crippen LogP contribution < -0.4 is 0 Å². The summed E-state index contributed by atoms with van der Waals surface area (Å²) in [4.78, 5) is 0. The summed E-state index contributed by atoms with van der Waals surface area (Å²) in [7, 11) is 1.75. The van der Waals surface area contributed by atoms with Gasteiger partial charge in [-0.15, -0.1) is 0 Å². The number of aliphatic hydroxyl groups is 1. The molecule has 122 valence electrons. The quantitative estimate of drug-likeness (QED) is 0.529. The minimum atomic E-state index is -0.430. The van der Waals surface area contributed by atoms with Crippen LogP contribution in [0.3, 0.4) is 0 Å². The largest absolute Gasteiger partial charge is 0.391 e. The maximum atomic E-state index is 9.16. The predicted molar refractivity (Wildman–Crippen MR) is 82.1 cm³/mol. The van der Waals surface area contributed by atoms with Crippen LogP contribution in [0.25, 0.3) is 0 Å². The summed E-state index contributed by atoms with van der Waals surface area (Å²) in [5.41, 5.74) is 0. The predicted octanol–water partition coefficient (Wildman–Crippen LogP) is 3.16. The van der Waals surface area contributed by atoms with E-state index in [-0.39, 0.29) is 18.3 Å². The van der Waals surface area contributed by atoms with Gasteiger partial charge >= 0.3 is 0 Å². The van der Waals surface area contributed by atoms with Gasteiger partial charge in [-0.25, -0.2) is 0 Å². The Hall–Kier alpha value is -0.160. The van der Waals surface area contributed by atoms with Crippen molar-refractivity contribution in [1.82, 2.24) is 0 Å². The molecule has 4 unspecified atom stereocenters. The number of hydrogen-bond donors (Lipinski definition) is 1. The van der Waals surface area contributed by atoms with Crippen molar-refractivity contribution in [2.75, 3.05) is 20.3 Å². The molecule has 0 amide bonds. The standard InChI is InChI=1S/C16H34O4/c1-6-7-8-9-10-16(18-5)15(4)20-12-14(3)19-11-13(2)17/h13-17H,6-12H2,1-5H3. The second-order valence-corrected chi connectivity index (χ2v) is 5.65. The van der Waals surface area contributed by atoms with Gasteiger partial charge in [0, 0.05) is 7.11 Å². The monoisotopic (exact) mass is 290 g/mol. The third-order valence-electron chi connectivity index (χ3n) is 3.38. The number of rotatable bonds is 13. The van der Waals surface area contributed by atoms with Crippen LogP contribution in [0.5, 0.6) is 0 Å². The second kappa shape index (κ2) is 12.6. The summed E-state index contributed by atoms with van der Waals surface area (Å²) < 4.78 is 16.8. The Labute approximate surface area is 124 Å². The van der Waals surface area contributed by atoms with Crippen LogP contribution >= 0.6 is 0 Å². The molecule has 0 heterocycles. The van der Waals surface area contributed by atoms with Crippen molar-refractivity contribution in [1.29, 1.82) is 0 Å². The van der Waals surface area contributed by atoms with Gasteiger partial charge in [0.2, 0.25) is 0 Å². The van der Waals surface area contributed by atoms with Crippen molar-refractivity contribution in [3.63, 3.8) is 0 Å². The van der Waals surface area contributed by atoms with Gasteiger partial charge in [0.1, 0.15) is 0 Å². The minimum Gasteiger partial charge on any atom is -0.391 e. The van der Waals surface area contributed by atoms with Crippen LogP contribution in [0.1, 0.15) is 59.8 Å². The lowest BCUT2D eigenvalue weighted by molar-refractivity contribution is -0.0917. The van der Waals surface area contributed by atoms with E-state index >= 15 is 0 Å². The van der Waals surface area contributed by atoms with Crippen molar-refractivity contribution in [2.24, 2.45) is 0 Å². The first-order valence-corrected chi connectivity index (χ1v) is 7.95. The molecule has 1 N–H and O–H groups in total. The van der Waals surface area contributed by atoms with Crippen molar-refractivity contribution >= 4 is 0 Å². The second-order valence-electron chi connectivity index (χ2n) is 5.65. The third kappa shape index (κ3) is 10.6. The zero-order chi connectivity index (χ0) is 15.4. The first-order chi connectivity index (χ1) is 9.51. The normalized spacial score (nSPS) is 17.7. The van der Waals surface area contributed by atoms with Crippen LogP contribution in [-0.2, 0) is 14.2 Å². The lowest BCUT2D eigenvalue weighted by atomic mass is 10.1. The summed E-state index contributed by atoms with van der Waals surface area (Å²) in [5, 5.41) is 9.16. The molecule has 0 aromatic rings. The topological polar surface area (TPSA) is 47.9 Å². The molecule has 0 fully saturated rings. The number of aliphatic hydroxyl groups excluding tert-OH is 1. The Kier molecular flexibility index (Phi) is 12.5. The maximum Gasteiger partial charge on any atom is 0.0830 e. The Bertz CT molecular complexity index is 209. The summed E-state index contributed by atoms with van der Waals surface area (Å²) >= 11 is 0. The van der Waals surface area contributed by atoms with Gasteiger partial charge in [-0.3, -0.25) is 0 Å². The van der Waals surface area contributed by atoms with E-state index in [0.717, 1.165) is 6.42 Å².